The number of benzene rings is 1. The molecule has 1 aromatic carbocycles. The Morgan fingerprint density at radius 2 is 2.21 bits per heavy atom. The molecule has 19 heavy (non-hydrogen) atoms. The van der Waals surface area contributed by atoms with Crippen molar-refractivity contribution in [2.24, 2.45) is 17.8 Å². The van der Waals surface area contributed by atoms with Crippen LogP contribution in [-0.4, -0.2) is 11.0 Å². The maximum atomic E-state index is 12.0. The van der Waals surface area contributed by atoms with Gasteiger partial charge in [-0.15, -0.1) is 0 Å². The number of phenolic OH excluding ortho intramolecular Hbond substituents is 1. The molecule has 102 valence electrons. The maximum absolute atomic E-state index is 12.0. The van der Waals surface area contributed by atoms with Crippen LogP contribution in [0.15, 0.2) is 18.2 Å². The van der Waals surface area contributed by atoms with Gasteiger partial charge in [0, 0.05) is 18.2 Å². The smallest absolute Gasteiger partial charge is 0.224 e. The van der Waals surface area contributed by atoms with Crippen LogP contribution in [0.5, 0.6) is 5.75 Å². The Morgan fingerprint density at radius 3 is 2.84 bits per heavy atom. The van der Waals surface area contributed by atoms with Crippen molar-refractivity contribution in [1.29, 1.82) is 0 Å². The van der Waals surface area contributed by atoms with Crippen molar-refractivity contribution in [1.82, 2.24) is 0 Å². The first-order valence-electron chi connectivity index (χ1n) is 6.90. The molecule has 1 aromatic rings. The Balaban J connectivity index is 1.57. The summed E-state index contributed by atoms with van der Waals surface area (Å²) in [5.41, 5.74) is 0.607. The van der Waals surface area contributed by atoms with E-state index in [4.69, 9.17) is 11.6 Å². The van der Waals surface area contributed by atoms with Crippen LogP contribution in [0.3, 0.4) is 0 Å². The summed E-state index contributed by atoms with van der Waals surface area (Å²) >= 11 is 5.73. The molecular formula is C15H18ClNO2. The van der Waals surface area contributed by atoms with E-state index in [-0.39, 0.29) is 11.7 Å². The van der Waals surface area contributed by atoms with E-state index in [0.29, 0.717) is 23.0 Å². The van der Waals surface area contributed by atoms with Gasteiger partial charge in [0.2, 0.25) is 5.91 Å². The summed E-state index contributed by atoms with van der Waals surface area (Å²) in [5, 5.41) is 12.6. The number of aromatic hydroxyl groups is 1. The summed E-state index contributed by atoms with van der Waals surface area (Å²) in [5.74, 6) is 2.22. The van der Waals surface area contributed by atoms with Gasteiger partial charge in [-0.3, -0.25) is 4.79 Å². The fourth-order valence-corrected chi connectivity index (χ4v) is 3.78. The Labute approximate surface area is 118 Å². The molecule has 0 radical (unpaired) electrons. The highest BCUT2D eigenvalue weighted by molar-refractivity contribution is 6.32. The van der Waals surface area contributed by atoms with Gasteiger partial charge in [-0.25, -0.2) is 0 Å². The molecular weight excluding hydrogens is 262 g/mol. The van der Waals surface area contributed by atoms with Gasteiger partial charge in [-0.2, -0.15) is 0 Å². The van der Waals surface area contributed by atoms with E-state index in [1.54, 1.807) is 12.1 Å². The number of phenols is 1. The lowest BCUT2D eigenvalue weighted by Crippen LogP contribution is -2.20. The zero-order chi connectivity index (χ0) is 13.4. The van der Waals surface area contributed by atoms with E-state index >= 15 is 0 Å². The van der Waals surface area contributed by atoms with Gasteiger partial charge >= 0.3 is 0 Å². The number of hydrogen-bond acceptors (Lipinski definition) is 2. The second-order valence-electron chi connectivity index (χ2n) is 5.85. The molecule has 2 aliphatic rings. The second-order valence-corrected chi connectivity index (χ2v) is 6.26. The van der Waals surface area contributed by atoms with E-state index in [0.717, 1.165) is 11.8 Å². The third kappa shape index (κ3) is 2.71. The van der Waals surface area contributed by atoms with E-state index < -0.39 is 0 Å². The number of rotatable bonds is 3. The van der Waals surface area contributed by atoms with Gasteiger partial charge in [0.1, 0.15) is 5.75 Å². The van der Waals surface area contributed by atoms with Gasteiger partial charge in [-0.1, -0.05) is 18.0 Å². The third-order valence-corrected chi connectivity index (χ3v) is 4.88. The molecule has 3 nitrogen and oxygen atoms in total. The van der Waals surface area contributed by atoms with Crippen molar-refractivity contribution in [3.63, 3.8) is 0 Å². The number of carbonyl (C=O) groups excluding carboxylic acids is 1. The summed E-state index contributed by atoms with van der Waals surface area (Å²) in [4.78, 5) is 12.0. The van der Waals surface area contributed by atoms with Gasteiger partial charge in [0.05, 0.1) is 5.02 Å². The molecule has 4 heteroatoms. The summed E-state index contributed by atoms with van der Waals surface area (Å²) in [7, 11) is 0. The fraction of sp³-hybridized carbons (Fsp3) is 0.533. The minimum atomic E-state index is -0.000565. The van der Waals surface area contributed by atoms with Crippen LogP contribution in [0.1, 0.15) is 32.1 Å². The highest BCUT2D eigenvalue weighted by atomic mass is 35.5. The fourth-order valence-electron chi connectivity index (χ4n) is 3.67. The van der Waals surface area contributed by atoms with E-state index in [1.807, 2.05) is 0 Å². The number of halogens is 1. The quantitative estimate of drug-likeness (QED) is 0.884. The predicted molar refractivity (Wildman–Crippen MR) is 75.3 cm³/mol. The Bertz CT molecular complexity index is 503. The molecule has 2 saturated carbocycles. The lowest BCUT2D eigenvalue weighted by Gasteiger charge is -2.20. The zero-order valence-corrected chi connectivity index (χ0v) is 11.5. The lowest BCUT2D eigenvalue weighted by atomic mass is 9.86. The summed E-state index contributed by atoms with van der Waals surface area (Å²) in [6.45, 7) is 0. The van der Waals surface area contributed by atoms with Crippen LogP contribution in [0.25, 0.3) is 0 Å². The largest absolute Gasteiger partial charge is 0.506 e. The van der Waals surface area contributed by atoms with Crippen LogP contribution in [0, 0.1) is 17.8 Å². The van der Waals surface area contributed by atoms with Gasteiger partial charge in [0.25, 0.3) is 0 Å². The number of nitrogens with one attached hydrogen (secondary N) is 1. The number of amides is 1. The SMILES string of the molecule is O=C(CC1CC2CCC1C2)Nc1ccc(Cl)c(O)c1. The third-order valence-electron chi connectivity index (χ3n) is 4.56. The van der Waals surface area contributed by atoms with Crippen molar-refractivity contribution in [3.8, 4) is 5.75 Å². The van der Waals surface area contributed by atoms with E-state index in [1.165, 1.54) is 31.7 Å². The van der Waals surface area contributed by atoms with Crippen molar-refractivity contribution < 1.29 is 9.90 Å². The minimum Gasteiger partial charge on any atom is -0.506 e. The van der Waals surface area contributed by atoms with Crippen LogP contribution >= 0.6 is 11.6 Å². The molecule has 3 rings (SSSR count). The molecule has 2 bridgehead atoms. The molecule has 0 aliphatic heterocycles. The van der Waals surface area contributed by atoms with Crippen LogP contribution in [-0.2, 0) is 4.79 Å². The molecule has 0 saturated heterocycles. The highest BCUT2D eigenvalue weighted by Crippen LogP contribution is 2.49. The maximum Gasteiger partial charge on any atom is 0.224 e. The van der Waals surface area contributed by atoms with Crippen LogP contribution < -0.4 is 5.32 Å². The summed E-state index contributed by atoms with van der Waals surface area (Å²) in [6, 6.07) is 4.78. The average Bonchev–Trinajstić information content (AvgIpc) is 2.96. The second kappa shape index (κ2) is 5.04. The molecule has 2 fully saturated rings. The summed E-state index contributed by atoms with van der Waals surface area (Å²) in [6.07, 6.45) is 5.78. The molecule has 2 N–H and O–H groups in total. The molecule has 3 atom stereocenters. The normalized spacial score (nSPS) is 28.6. The topological polar surface area (TPSA) is 49.3 Å². The van der Waals surface area contributed by atoms with Crippen molar-refractivity contribution in [2.45, 2.75) is 32.1 Å². The van der Waals surface area contributed by atoms with E-state index in [9.17, 15) is 9.90 Å². The van der Waals surface area contributed by atoms with Gasteiger partial charge in [-0.05, 0) is 49.1 Å². The minimum absolute atomic E-state index is 0.000565. The lowest BCUT2D eigenvalue weighted by molar-refractivity contribution is -0.117. The van der Waals surface area contributed by atoms with Crippen LogP contribution in [0.4, 0.5) is 5.69 Å². The molecule has 0 heterocycles. The first kappa shape index (κ1) is 12.8. The average molecular weight is 280 g/mol. The molecule has 0 aromatic heterocycles. The Morgan fingerprint density at radius 1 is 1.37 bits per heavy atom. The Kier molecular flexibility index (Phi) is 3.40. The summed E-state index contributed by atoms with van der Waals surface area (Å²) < 4.78 is 0. The standard InChI is InChI=1S/C15H18ClNO2/c16-13-4-3-12(8-14(13)18)17-15(19)7-11-6-9-1-2-10(11)5-9/h3-4,8-11,18H,1-2,5-7H2,(H,17,19). The number of carbonyl (C=O) groups is 1. The number of anilines is 1. The first-order chi connectivity index (χ1) is 9.11. The zero-order valence-electron chi connectivity index (χ0n) is 10.7. The molecule has 0 spiro atoms. The van der Waals surface area contributed by atoms with Crippen molar-refractivity contribution >= 4 is 23.2 Å². The van der Waals surface area contributed by atoms with Crippen LogP contribution in [0.2, 0.25) is 5.02 Å². The molecule has 2 aliphatic carbocycles. The van der Waals surface area contributed by atoms with Gasteiger partial charge < -0.3 is 10.4 Å². The Hall–Kier alpha value is -1.22. The van der Waals surface area contributed by atoms with Crippen molar-refractivity contribution in [3.05, 3.63) is 23.2 Å². The first-order valence-corrected chi connectivity index (χ1v) is 7.28. The molecule has 3 unspecified atom stereocenters. The predicted octanol–water partition coefficient (Wildman–Crippen LogP) is 3.81. The monoisotopic (exact) mass is 279 g/mol. The van der Waals surface area contributed by atoms with Gasteiger partial charge in [0.15, 0.2) is 0 Å². The van der Waals surface area contributed by atoms with E-state index in [2.05, 4.69) is 5.32 Å². The number of fused-ring (bicyclic) bond motifs is 2. The highest BCUT2D eigenvalue weighted by Gasteiger charge is 2.40. The molecule has 1 amide bonds. The number of hydrogen-bond donors (Lipinski definition) is 2. The van der Waals surface area contributed by atoms with Crippen molar-refractivity contribution in [2.75, 3.05) is 5.32 Å².